The van der Waals surface area contributed by atoms with E-state index < -0.39 is 31.8 Å². The zero-order chi connectivity index (χ0) is 28.5. The minimum Gasteiger partial charge on any atom is -0.491 e. The number of benzene rings is 1. The molecule has 2 aliphatic heterocycles. The van der Waals surface area contributed by atoms with Crippen molar-refractivity contribution in [1.82, 2.24) is 28.9 Å². The third-order valence-corrected chi connectivity index (χ3v) is 10.8. The Morgan fingerprint density at radius 2 is 1.95 bits per heavy atom. The van der Waals surface area contributed by atoms with Gasteiger partial charge in [-0.15, -0.1) is 0 Å². The number of ether oxygens (including phenoxy) is 2. The summed E-state index contributed by atoms with van der Waals surface area (Å²) >= 11 is 0. The molecule has 4 heterocycles. The first-order chi connectivity index (χ1) is 19.0. The molecule has 2 aromatic heterocycles. The summed E-state index contributed by atoms with van der Waals surface area (Å²) in [6.07, 6.45) is 4.01. The number of hydrogen-bond acceptors (Lipinski definition) is 10. The van der Waals surface area contributed by atoms with E-state index in [4.69, 9.17) is 9.47 Å². The fourth-order valence-corrected chi connectivity index (χ4v) is 7.32. The molecule has 0 aliphatic carbocycles. The number of aryl methyl sites for hydroxylation is 1. The van der Waals surface area contributed by atoms with Crippen molar-refractivity contribution in [2.75, 3.05) is 39.9 Å². The van der Waals surface area contributed by atoms with E-state index >= 15 is 0 Å². The fraction of sp³-hybridized carbons (Fsp3) is 0.520. The van der Waals surface area contributed by atoms with E-state index in [0.29, 0.717) is 55.9 Å². The third-order valence-electron chi connectivity index (χ3n) is 7.48. The van der Waals surface area contributed by atoms with Crippen LogP contribution in [0.15, 0.2) is 52.6 Å². The zero-order valence-electron chi connectivity index (χ0n) is 22.4. The summed E-state index contributed by atoms with van der Waals surface area (Å²) in [6.45, 7) is 1.40. The van der Waals surface area contributed by atoms with Gasteiger partial charge in [0.05, 0.1) is 23.4 Å². The largest absolute Gasteiger partial charge is 0.491 e. The third kappa shape index (κ3) is 6.00. The first-order valence-corrected chi connectivity index (χ1v) is 15.9. The van der Waals surface area contributed by atoms with Crippen LogP contribution in [0.2, 0.25) is 0 Å². The summed E-state index contributed by atoms with van der Waals surface area (Å²) < 4.78 is 67.7. The van der Waals surface area contributed by atoms with Gasteiger partial charge in [-0.2, -0.15) is 4.31 Å². The van der Waals surface area contributed by atoms with Crippen molar-refractivity contribution in [3.63, 3.8) is 0 Å². The molecular formula is C25H34N6O7S2. The monoisotopic (exact) mass is 594 g/mol. The Hall–Kier alpha value is -2.66. The molecule has 2 fully saturated rings. The molecule has 0 saturated carbocycles. The van der Waals surface area contributed by atoms with E-state index in [0.717, 1.165) is 0 Å². The number of nitrogens with one attached hydrogen (secondary N) is 2. The second kappa shape index (κ2) is 11.3. The van der Waals surface area contributed by atoms with Crippen molar-refractivity contribution in [1.29, 1.82) is 0 Å². The van der Waals surface area contributed by atoms with Gasteiger partial charge in [0.15, 0.2) is 5.65 Å². The summed E-state index contributed by atoms with van der Waals surface area (Å²) in [5.41, 5.74) is 0.751. The number of pyridine rings is 1. The maximum atomic E-state index is 13.3. The average Bonchev–Trinajstić information content (AvgIpc) is 3.53. The number of aliphatic hydroxyl groups excluding tert-OH is 1. The first-order valence-electron chi connectivity index (χ1n) is 13.0. The highest BCUT2D eigenvalue weighted by atomic mass is 32.2. The van der Waals surface area contributed by atoms with Gasteiger partial charge in [0.25, 0.3) is 0 Å². The molecule has 2 atom stereocenters. The number of aromatic nitrogens is 3. The Kier molecular flexibility index (Phi) is 8.16. The van der Waals surface area contributed by atoms with Crippen LogP contribution in [0.4, 0.5) is 0 Å². The Balaban J connectivity index is 1.09. The van der Waals surface area contributed by atoms with Crippen molar-refractivity contribution in [3.05, 3.63) is 42.9 Å². The van der Waals surface area contributed by atoms with Gasteiger partial charge in [-0.3, -0.25) is 0 Å². The molecule has 0 amide bonds. The Morgan fingerprint density at radius 3 is 2.70 bits per heavy atom. The number of fused-ring (bicyclic) bond motifs is 1. The summed E-state index contributed by atoms with van der Waals surface area (Å²) in [4.78, 5) is 8.70. The molecule has 1 spiro atoms. The van der Waals surface area contributed by atoms with E-state index in [1.165, 1.54) is 29.7 Å². The lowest BCUT2D eigenvalue weighted by atomic mass is 9.88. The Morgan fingerprint density at radius 1 is 1.18 bits per heavy atom. The normalized spacial score (nSPS) is 20.7. The summed E-state index contributed by atoms with van der Waals surface area (Å²) in [5.74, 6) is 0.343. The second-order valence-corrected chi connectivity index (χ2v) is 14.0. The molecule has 13 nitrogen and oxygen atoms in total. The van der Waals surface area contributed by atoms with Gasteiger partial charge < -0.3 is 24.5 Å². The molecule has 3 N–H and O–H groups in total. The molecule has 5 rings (SSSR count). The molecule has 40 heavy (non-hydrogen) atoms. The average molecular weight is 595 g/mol. The number of hydrogen-bond donors (Lipinski definition) is 3. The lowest BCUT2D eigenvalue weighted by Gasteiger charge is -2.38. The van der Waals surface area contributed by atoms with E-state index in [1.54, 1.807) is 36.1 Å². The molecule has 2 unspecified atom stereocenters. The van der Waals surface area contributed by atoms with Crippen LogP contribution >= 0.6 is 0 Å². The summed E-state index contributed by atoms with van der Waals surface area (Å²) in [6, 6.07) is 7.64. The van der Waals surface area contributed by atoms with Crippen LogP contribution in [0.3, 0.4) is 0 Å². The first kappa shape index (κ1) is 28.9. The van der Waals surface area contributed by atoms with Crippen molar-refractivity contribution >= 4 is 31.2 Å². The minimum atomic E-state index is -3.70. The van der Waals surface area contributed by atoms with Gasteiger partial charge in [0, 0.05) is 45.0 Å². The van der Waals surface area contributed by atoms with E-state index in [9.17, 15) is 21.9 Å². The quantitative estimate of drug-likeness (QED) is 0.296. The van der Waals surface area contributed by atoms with Gasteiger partial charge in [-0.25, -0.2) is 31.5 Å². The molecule has 0 bridgehead atoms. The SMILES string of the molecule is CNS(=O)(=O)c1cccc(OCC(O)CNC2COC3(CCN(S(=O)(=O)c4cnc5c(c4)ncn5C)CC3)C2)c1. The molecular weight excluding hydrogens is 560 g/mol. The maximum absolute atomic E-state index is 13.3. The molecule has 15 heteroatoms. The highest BCUT2D eigenvalue weighted by molar-refractivity contribution is 7.89. The standard InChI is InChI=1S/C25H34N6O7S2/c1-26-39(33,34)21-5-3-4-20(10-21)37-16-19(32)13-27-18-12-25(38-15-18)6-8-31(9-7-25)40(35,36)22-11-23-24(28-14-22)30(2)17-29-23/h3-5,10-11,14,17-19,26-27,32H,6-9,12-13,15-16H2,1-2H3. The maximum Gasteiger partial charge on any atom is 0.244 e. The molecule has 0 radical (unpaired) electrons. The van der Waals surface area contributed by atoms with Crippen LogP contribution in [-0.4, -0.2) is 98.4 Å². The predicted octanol–water partition coefficient (Wildman–Crippen LogP) is 0.218. The van der Waals surface area contributed by atoms with E-state index in [1.807, 2.05) is 0 Å². The zero-order valence-corrected chi connectivity index (χ0v) is 24.0. The summed E-state index contributed by atoms with van der Waals surface area (Å²) in [5, 5.41) is 13.7. The lowest BCUT2D eigenvalue weighted by Crippen LogP contribution is -2.47. The fourth-order valence-electron chi connectivity index (χ4n) is 5.15. The van der Waals surface area contributed by atoms with Gasteiger partial charge in [-0.05, 0) is 44.5 Å². The van der Waals surface area contributed by atoms with Gasteiger partial charge in [0.2, 0.25) is 20.0 Å². The highest BCUT2D eigenvalue weighted by Gasteiger charge is 2.44. The molecule has 3 aromatic rings. The van der Waals surface area contributed by atoms with Crippen LogP contribution in [-0.2, 0) is 31.8 Å². The number of aliphatic hydroxyl groups is 1. The topological polar surface area (TPSA) is 165 Å². The van der Waals surface area contributed by atoms with Crippen LogP contribution in [0.5, 0.6) is 5.75 Å². The van der Waals surface area contributed by atoms with Crippen molar-refractivity contribution in [2.45, 2.75) is 46.8 Å². The van der Waals surface area contributed by atoms with Crippen LogP contribution in [0, 0.1) is 0 Å². The molecule has 218 valence electrons. The van der Waals surface area contributed by atoms with Gasteiger partial charge in [-0.1, -0.05) is 6.07 Å². The molecule has 2 saturated heterocycles. The number of piperidine rings is 1. The number of imidazole rings is 1. The Bertz CT molecular complexity index is 1570. The Labute approximate surface area is 233 Å². The van der Waals surface area contributed by atoms with Crippen molar-refractivity contribution < 1.29 is 31.4 Å². The van der Waals surface area contributed by atoms with E-state index in [-0.39, 0.29) is 29.0 Å². The summed E-state index contributed by atoms with van der Waals surface area (Å²) in [7, 11) is -4.15. The van der Waals surface area contributed by atoms with Crippen molar-refractivity contribution in [3.8, 4) is 5.75 Å². The lowest BCUT2D eigenvalue weighted by molar-refractivity contribution is -0.0312. The number of rotatable bonds is 10. The van der Waals surface area contributed by atoms with Crippen molar-refractivity contribution in [2.24, 2.45) is 7.05 Å². The number of sulfonamides is 2. The van der Waals surface area contributed by atoms with E-state index in [2.05, 4.69) is 20.0 Å². The highest BCUT2D eigenvalue weighted by Crippen LogP contribution is 2.37. The van der Waals surface area contributed by atoms with Crippen LogP contribution in [0.25, 0.3) is 11.2 Å². The molecule has 2 aliphatic rings. The van der Waals surface area contributed by atoms with Gasteiger partial charge in [0.1, 0.15) is 28.9 Å². The number of nitrogens with zero attached hydrogens (tertiary/aromatic N) is 4. The minimum absolute atomic E-state index is 0.0117. The van der Waals surface area contributed by atoms with Crippen LogP contribution < -0.4 is 14.8 Å². The predicted molar refractivity (Wildman–Crippen MR) is 146 cm³/mol. The molecule has 1 aromatic carbocycles. The van der Waals surface area contributed by atoms with Gasteiger partial charge >= 0.3 is 0 Å². The second-order valence-electron chi connectivity index (χ2n) is 10.2. The van der Waals surface area contributed by atoms with Crippen LogP contribution in [0.1, 0.15) is 19.3 Å². The smallest absolute Gasteiger partial charge is 0.244 e.